The fourth-order valence-electron chi connectivity index (χ4n) is 3.56. The maximum absolute atomic E-state index is 12.6. The van der Waals surface area contributed by atoms with E-state index in [0.717, 1.165) is 5.56 Å². The molecule has 0 radical (unpaired) electrons. The van der Waals surface area contributed by atoms with Crippen LogP contribution in [0.5, 0.6) is 0 Å². The van der Waals surface area contributed by atoms with Crippen molar-refractivity contribution in [1.29, 1.82) is 0 Å². The molecule has 1 aromatic carbocycles. The molecule has 1 aliphatic heterocycles. The Hall–Kier alpha value is -2.32. The number of aliphatic hydroxyl groups excluding tert-OH is 2. The molecule has 1 aromatic heterocycles. The number of nitrogens with zero attached hydrogens (tertiary/aromatic N) is 2. The lowest BCUT2D eigenvalue weighted by molar-refractivity contribution is -0.121. The van der Waals surface area contributed by atoms with E-state index in [1.54, 1.807) is 12.1 Å². The van der Waals surface area contributed by atoms with Crippen molar-refractivity contribution in [2.45, 2.75) is 31.7 Å². The zero-order valence-electron chi connectivity index (χ0n) is 16.0. The van der Waals surface area contributed by atoms with Gasteiger partial charge in [0.05, 0.1) is 37.7 Å². The van der Waals surface area contributed by atoms with Crippen LogP contribution < -0.4 is 5.32 Å². The molecule has 150 valence electrons. The highest BCUT2D eigenvalue weighted by Gasteiger charge is 2.42. The largest absolute Gasteiger partial charge is 0.394 e. The first-order valence-electron chi connectivity index (χ1n) is 9.41. The van der Waals surface area contributed by atoms with Gasteiger partial charge in [-0.25, -0.2) is 0 Å². The van der Waals surface area contributed by atoms with Gasteiger partial charge in [-0.1, -0.05) is 30.3 Å². The van der Waals surface area contributed by atoms with Crippen LogP contribution in [0.15, 0.2) is 48.7 Å². The Morgan fingerprint density at radius 2 is 2.11 bits per heavy atom. The summed E-state index contributed by atoms with van der Waals surface area (Å²) < 4.78 is 5.74. The normalized spacial score (nSPS) is 22.8. The van der Waals surface area contributed by atoms with Crippen LogP contribution in [0.2, 0.25) is 0 Å². The summed E-state index contributed by atoms with van der Waals surface area (Å²) in [5, 5.41) is 22.4. The topological polar surface area (TPSA) is 94.9 Å². The Bertz CT molecular complexity index is 786. The van der Waals surface area contributed by atoms with Gasteiger partial charge in [0.1, 0.15) is 0 Å². The lowest BCUT2D eigenvalue weighted by Gasteiger charge is -2.49. The van der Waals surface area contributed by atoms with E-state index in [9.17, 15) is 15.0 Å². The predicted octanol–water partition coefficient (Wildman–Crippen LogP) is 0.956. The highest BCUT2D eigenvalue weighted by atomic mass is 16.5. The van der Waals surface area contributed by atoms with Crippen LogP contribution in [0, 0.1) is 0 Å². The van der Waals surface area contributed by atoms with Crippen LogP contribution in [-0.4, -0.2) is 64.0 Å². The van der Waals surface area contributed by atoms with Gasteiger partial charge in [0.15, 0.2) is 0 Å². The van der Waals surface area contributed by atoms with Crippen molar-refractivity contribution in [1.82, 2.24) is 15.2 Å². The summed E-state index contributed by atoms with van der Waals surface area (Å²) in [4.78, 5) is 18.8. The first kappa shape index (κ1) is 20.4. The van der Waals surface area contributed by atoms with Crippen molar-refractivity contribution in [3.63, 3.8) is 0 Å². The van der Waals surface area contributed by atoms with E-state index in [2.05, 4.69) is 34.3 Å². The third-order valence-electron chi connectivity index (χ3n) is 5.18. The SMILES string of the molecule is C[C@@H]1COC[C@@](CO)(CNC(=O)c2ccnc(CO)c2)N1Cc1ccccc1. The highest BCUT2D eigenvalue weighted by molar-refractivity contribution is 5.94. The zero-order valence-corrected chi connectivity index (χ0v) is 16.0. The standard InChI is InChI=1S/C21H27N3O4/c1-16-12-28-15-21(14-26,24(16)10-17-5-3-2-4-6-17)13-23-20(27)18-7-8-22-19(9-18)11-25/h2-9,16,25-26H,10-15H2,1H3,(H,23,27)/t16-,21+/m1/s1. The Labute approximate surface area is 165 Å². The summed E-state index contributed by atoms with van der Waals surface area (Å²) in [7, 11) is 0. The highest BCUT2D eigenvalue weighted by Crippen LogP contribution is 2.26. The maximum Gasteiger partial charge on any atom is 0.251 e. The summed E-state index contributed by atoms with van der Waals surface area (Å²) in [6, 6.07) is 13.3. The number of ether oxygens (including phenoxy) is 1. The minimum Gasteiger partial charge on any atom is -0.394 e. The van der Waals surface area contributed by atoms with Crippen molar-refractivity contribution >= 4 is 5.91 Å². The molecule has 1 fully saturated rings. The van der Waals surface area contributed by atoms with Crippen LogP contribution in [0.4, 0.5) is 0 Å². The fourth-order valence-corrected chi connectivity index (χ4v) is 3.56. The number of carbonyl (C=O) groups is 1. The monoisotopic (exact) mass is 385 g/mol. The number of nitrogens with one attached hydrogen (secondary N) is 1. The predicted molar refractivity (Wildman–Crippen MR) is 105 cm³/mol. The number of aliphatic hydroxyl groups is 2. The molecule has 1 amide bonds. The van der Waals surface area contributed by atoms with Crippen molar-refractivity contribution < 1.29 is 19.7 Å². The van der Waals surface area contributed by atoms with E-state index in [0.29, 0.717) is 31.0 Å². The molecule has 7 heteroatoms. The molecule has 0 unspecified atom stereocenters. The summed E-state index contributed by atoms with van der Waals surface area (Å²) in [5.74, 6) is -0.275. The Kier molecular flexibility index (Phi) is 6.74. The molecule has 0 saturated carbocycles. The first-order valence-corrected chi connectivity index (χ1v) is 9.41. The van der Waals surface area contributed by atoms with E-state index in [-0.39, 0.29) is 31.7 Å². The van der Waals surface area contributed by atoms with Gasteiger partial charge in [0, 0.05) is 30.9 Å². The van der Waals surface area contributed by atoms with Gasteiger partial charge in [-0.05, 0) is 24.6 Å². The Balaban J connectivity index is 1.75. The van der Waals surface area contributed by atoms with Gasteiger partial charge < -0.3 is 20.3 Å². The lowest BCUT2D eigenvalue weighted by atomic mass is 9.93. The quantitative estimate of drug-likeness (QED) is 0.657. The number of benzene rings is 1. The molecule has 2 aromatic rings. The number of rotatable bonds is 7. The molecule has 2 atom stereocenters. The Morgan fingerprint density at radius 3 is 2.82 bits per heavy atom. The van der Waals surface area contributed by atoms with Crippen molar-refractivity contribution in [2.75, 3.05) is 26.4 Å². The molecular weight excluding hydrogens is 358 g/mol. The minimum absolute atomic E-state index is 0.0972. The average Bonchev–Trinajstić information content (AvgIpc) is 2.75. The average molecular weight is 385 g/mol. The molecule has 0 spiro atoms. The van der Waals surface area contributed by atoms with Crippen molar-refractivity contribution in [3.8, 4) is 0 Å². The minimum atomic E-state index is -0.712. The number of aromatic nitrogens is 1. The van der Waals surface area contributed by atoms with Crippen molar-refractivity contribution in [3.05, 3.63) is 65.5 Å². The fraction of sp³-hybridized carbons (Fsp3) is 0.429. The smallest absolute Gasteiger partial charge is 0.251 e. The number of amides is 1. The first-order chi connectivity index (χ1) is 13.6. The van der Waals surface area contributed by atoms with Crippen LogP contribution >= 0.6 is 0 Å². The van der Waals surface area contributed by atoms with Crippen LogP contribution in [0.1, 0.15) is 28.5 Å². The zero-order chi connectivity index (χ0) is 20.0. The van der Waals surface area contributed by atoms with Gasteiger partial charge in [-0.2, -0.15) is 0 Å². The summed E-state index contributed by atoms with van der Waals surface area (Å²) >= 11 is 0. The van der Waals surface area contributed by atoms with Gasteiger partial charge >= 0.3 is 0 Å². The third-order valence-corrected chi connectivity index (χ3v) is 5.18. The molecule has 2 heterocycles. The van der Waals surface area contributed by atoms with Gasteiger partial charge in [0.25, 0.3) is 5.91 Å². The van der Waals surface area contributed by atoms with Gasteiger partial charge in [0.2, 0.25) is 0 Å². The number of carbonyl (C=O) groups excluding carboxylic acids is 1. The van der Waals surface area contributed by atoms with E-state index >= 15 is 0 Å². The number of morpholine rings is 1. The molecule has 7 nitrogen and oxygen atoms in total. The maximum atomic E-state index is 12.6. The van der Waals surface area contributed by atoms with E-state index in [1.807, 2.05) is 18.2 Å². The van der Waals surface area contributed by atoms with Crippen LogP contribution in [-0.2, 0) is 17.9 Å². The van der Waals surface area contributed by atoms with E-state index in [1.165, 1.54) is 6.20 Å². The van der Waals surface area contributed by atoms with Crippen LogP contribution in [0.25, 0.3) is 0 Å². The molecule has 0 aliphatic carbocycles. The molecule has 0 bridgehead atoms. The summed E-state index contributed by atoms with van der Waals surface area (Å²) in [5.41, 5.74) is 1.29. The van der Waals surface area contributed by atoms with Gasteiger partial charge in [-0.3, -0.25) is 14.7 Å². The third kappa shape index (κ3) is 4.56. The number of hydrogen-bond donors (Lipinski definition) is 3. The van der Waals surface area contributed by atoms with Crippen LogP contribution in [0.3, 0.4) is 0 Å². The second-order valence-corrected chi connectivity index (χ2v) is 7.24. The van der Waals surface area contributed by atoms with E-state index < -0.39 is 5.54 Å². The second-order valence-electron chi connectivity index (χ2n) is 7.24. The number of hydrogen-bond acceptors (Lipinski definition) is 6. The molecule has 3 rings (SSSR count). The molecular formula is C21H27N3O4. The van der Waals surface area contributed by atoms with Gasteiger partial charge in [-0.15, -0.1) is 0 Å². The summed E-state index contributed by atoms with van der Waals surface area (Å²) in [6.07, 6.45) is 1.50. The summed E-state index contributed by atoms with van der Waals surface area (Å²) in [6.45, 7) is 3.51. The van der Waals surface area contributed by atoms with E-state index in [4.69, 9.17) is 4.74 Å². The molecule has 28 heavy (non-hydrogen) atoms. The molecule has 1 saturated heterocycles. The van der Waals surface area contributed by atoms with Crippen molar-refractivity contribution in [2.24, 2.45) is 0 Å². The molecule has 3 N–H and O–H groups in total. The molecule has 1 aliphatic rings. The lowest BCUT2D eigenvalue weighted by Crippen LogP contribution is -2.66. The number of pyridine rings is 1. The Morgan fingerprint density at radius 1 is 1.32 bits per heavy atom. The second kappa shape index (κ2) is 9.25.